The molecule has 0 saturated carbocycles. The predicted molar refractivity (Wildman–Crippen MR) is 93.9 cm³/mol. The highest BCUT2D eigenvalue weighted by Crippen LogP contribution is 2.35. The van der Waals surface area contributed by atoms with Gasteiger partial charge in [-0.05, 0) is 42.5 Å². The van der Waals surface area contributed by atoms with Crippen molar-refractivity contribution >= 4 is 23.4 Å². The van der Waals surface area contributed by atoms with Gasteiger partial charge in [0.15, 0.2) is 11.5 Å². The van der Waals surface area contributed by atoms with Crippen LogP contribution in [0.4, 0.5) is 0 Å². The summed E-state index contributed by atoms with van der Waals surface area (Å²) in [5, 5.41) is 0.694. The lowest BCUT2D eigenvalue weighted by molar-refractivity contribution is 0.171. The molecule has 0 aliphatic carbocycles. The average Bonchev–Trinajstić information content (AvgIpc) is 3.09. The van der Waals surface area contributed by atoms with Gasteiger partial charge in [0.1, 0.15) is 19.5 Å². The van der Waals surface area contributed by atoms with Gasteiger partial charge in [0.05, 0.1) is 5.69 Å². The average molecular weight is 360 g/mol. The molecule has 2 heterocycles. The van der Waals surface area contributed by atoms with Crippen molar-refractivity contribution in [3.05, 3.63) is 59.4 Å². The molecule has 0 unspecified atom stereocenters. The molecule has 1 aromatic heterocycles. The zero-order valence-electron chi connectivity index (χ0n) is 12.7. The molecule has 0 spiro atoms. The summed E-state index contributed by atoms with van der Waals surface area (Å²) in [6.07, 6.45) is 1.69. The van der Waals surface area contributed by atoms with Crippen LogP contribution < -0.4 is 9.47 Å². The van der Waals surface area contributed by atoms with Gasteiger partial charge in [0.25, 0.3) is 0 Å². The third-order valence-electron chi connectivity index (χ3n) is 3.54. The number of aromatic nitrogens is 1. The van der Waals surface area contributed by atoms with Crippen LogP contribution >= 0.6 is 23.4 Å². The van der Waals surface area contributed by atoms with Crippen LogP contribution in [0.2, 0.25) is 5.02 Å². The number of thioether (sulfide) groups is 1. The first kappa shape index (κ1) is 15.4. The fraction of sp³-hybridized carbons (Fsp3) is 0.167. The highest BCUT2D eigenvalue weighted by Gasteiger charge is 2.12. The molecule has 0 bridgehead atoms. The molecule has 4 rings (SSSR count). The van der Waals surface area contributed by atoms with E-state index in [1.807, 2.05) is 42.5 Å². The summed E-state index contributed by atoms with van der Waals surface area (Å²) in [6, 6.07) is 13.4. The van der Waals surface area contributed by atoms with E-state index in [0.29, 0.717) is 24.1 Å². The molecular weight excluding hydrogens is 346 g/mol. The standard InChI is InChI=1S/C18H14ClNO3S/c19-13-3-1-12(2-4-13)18-20-14(10-23-18)11-24-15-5-6-16-17(9-15)22-8-7-21-16/h1-6,9-10H,7-8,11H2. The maximum Gasteiger partial charge on any atom is 0.226 e. The Balaban J connectivity index is 1.44. The molecule has 0 fully saturated rings. The lowest BCUT2D eigenvalue weighted by Gasteiger charge is -2.18. The van der Waals surface area contributed by atoms with Crippen molar-refractivity contribution < 1.29 is 13.9 Å². The van der Waals surface area contributed by atoms with E-state index in [9.17, 15) is 0 Å². The first-order valence-corrected chi connectivity index (χ1v) is 8.87. The zero-order valence-corrected chi connectivity index (χ0v) is 14.3. The number of halogens is 1. The summed E-state index contributed by atoms with van der Waals surface area (Å²) in [7, 11) is 0. The van der Waals surface area contributed by atoms with Gasteiger partial charge in [-0.2, -0.15) is 0 Å². The second-order valence-electron chi connectivity index (χ2n) is 5.25. The normalized spacial score (nSPS) is 13.0. The number of nitrogens with zero attached hydrogens (tertiary/aromatic N) is 1. The second kappa shape index (κ2) is 6.79. The van der Waals surface area contributed by atoms with Crippen molar-refractivity contribution in [2.45, 2.75) is 10.6 Å². The molecule has 0 radical (unpaired) electrons. The molecule has 0 N–H and O–H groups in total. The Morgan fingerprint density at radius 3 is 2.62 bits per heavy atom. The molecule has 0 saturated heterocycles. The molecule has 122 valence electrons. The maximum atomic E-state index is 5.90. The van der Waals surface area contributed by atoms with Gasteiger partial charge in [-0.25, -0.2) is 4.98 Å². The Labute approximate surface area is 148 Å². The van der Waals surface area contributed by atoms with E-state index in [2.05, 4.69) is 4.98 Å². The first-order chi connectivity index (χ1) is 11.8. The van der Waals surface area contributed by atoms with Crippen molar-refractivity contribution in [1.29, 1.82) is 0 Å². The van der Waals surface area contributed by atoms with E-state index in [-0.39, 0.29) is 0 Å². The molecular formula is C18H14ClNO3S. The van der Waals surface area contributed by atoms with E-state index >= 15 is 0 Å². The van der Waals surface area contributed by atoms with Crippen molar-refractivity contribution in [1.82, 2.24) is 4.98 Å². The van der Waals surface area contributed by atoms with Gasteiger partial charge in [0.2, 0.25) is 5.89 Å². The van der Waals surface area contributed by atoms with Crippen LogP contribution in [0.25, 0.3) is 11.5 Å². The number of benzene rings is 2. The monoisotopic (exact) mass is 359 g/mol. The predicted octanol–water partition coefficient (Wildman–Crippen LogP) is 5.06. The van der Waals surface area contributed by atoms with Gasteiger partial charge in [-0.3, -0.25) is 0 Å². The molecule has 1 aliphatic rings. The third kappa shape index (κ3) is 3.37. The minimum Gasteiger partial charge on any atom is -0.486 e. The number of hydrogen-bond acceptors (Lipinski definition) is 5. The fourth-order valence-corrected chi connectivity index (χ4v) is 3.30. The summed E-state index contributed by atoms with van der Waals surface area (Å²) in [5.74, 6) is 2.92. The van der Waals surface area contributed by atoms with Gasteiger partial charge in [0, 0.05) is 21.2 Å². The zero-order chi connectivity index (χ0) is 16.4. The second-order valence-corrected chi connectivity index (χ2v) is 6.73. The molecule has 0 amide bonds. The molecule has 1 aliphatic heterocycles. The molecule has 24 heavy (non-hydrogen) atoms. The summed E-state index contributed by atoms with van der Waals surface area (Å²) in [4.78, 5) is 5.63. The van der Waals surface area contributed by atoms with Crippen molar-refractivity contribution in [2.24, 2.45) is 0 Å². The number of ether oxygens (including phenoxy) is 2. The van der Waals surface area contributed by atoms with Crippen LogP contribution in [0.15, 0.2) is 58.0 Å². The van der Waals surface area contributed by atoms with Crippen LogP contribution in [-0.4, -0.2) is 18.2 Å². The Hall–Kier alpha value is -2.11. The van der Waals surface area contributed by atoms with Crippen LogP contribution in [0.3, 0.4) is 0 Å². The van der Waals surface area contributed by atoms with Gasteiger partial charge in [-0.1, -0.05) is 11.6 Å². The number of hydrogen-bond donors (Lipinski definition) is 0. The Kier molecular flexibility index (Phi) is 4.36. The van der Waals surface area contributed by atoms with Crippen LogP contribution in [0, 0.1) is 0 Å². The topological polar surface area (TPSA) is 44.5 Å². The molecule has 0 atom stereocenters. The molecule has 4 nitrogen and oxygen atoms in total. The van der Waals surface area contributed by atoms with Crippen molar-refractivity contribution in [2.75, 3.05) is 13.2 Å². The highest BCUT2D eigenvalue weighted by molar-refractivity contribution is 7.98. The minimum atomic E-state index is 0.592. The van der Waals surface area contributed by atoms with Crippen LogP contribution in [0.1, 0.15) is 5.69 Å². The number of rotatable bonds is 4. The van der Waals surface area contributed by atoms with Crippen LogP contribution in [-0.2, 0) is 5.75 Å². The molecule has 3 aromatic rings. The van der Waals surface area contributed by atoms with E-state index in [1.165, 1.54) is 0 Å². The van der Waals surface area contributed by atoms with Gasteiger partial charge in [-0.15, -0.1) is 11.8 Å². The van der Waals surface area contributed by atoms with Gasteiger partial charge >= 0.3 is 0 Å². The molecule has 2 aromatic carbocycles. The van der Waals surface area contributed by atoms with Crippen molar-refractivity contribution in [3.63, 3.8) is 0 Å². The van der Waals surface area contributed by atoms with Gasteiger partial charge < -0.3 is 13.9 Å². The lowest BCUT2D eigenvalue weighted by Crippen LogP contribution is -2.15. The smallest absolute Gasteiger partial charge is 0.226 e. The highest BCUT2D eigenvalue weighted by atomic mass is 35.5. The first-order valence-electron chi connectivity index (χ1n) is 7.51. The Morgan fingerprint density at radius 2 is 1.79 bits per heavy atom. The van der Waals surface area contributed by atoms with Crippen LogP contribution in [0.5, 0.6) is 11.5 Å². The van der Waals surface area contributed by atoms with Crippen molar-refractivity contribution in [3.8, 4) is 23.0 Å². The van der Waals surface area contributed by atoms with E-state index < -0.39 is 0 Å². The fourth-order valence-electron chi connectivity index (χ4n) is 2.37. The van der Waals surface area contributed by atoms with E-state index in [0.717, 1.165) is 33.4 Å². The minimum absolute atomic E-state index is 0.592. The Bertz CT molecular complexity index is 848. The Morgan fingerprint density at radius 1 is 1.00 bits per heavy atom. The van der Waals surface area contributed by atoms with E-state index in [1.54, 1.807) is 18.0 Å². The molecule has 6 heteroatoms. The SMILES string of the molecule is Clc1ccc(-c2nc(CSc3ccc4c(c3)OCCO4)co2)cc1. The summed E-state index contributed by atoms with van der Waals surface area (Å²) in [6.45, 7) is 1.20. The number of oxazole rings is 1. The third-order valence-corrected chi connectivity index (χ3v) is 4.82. The van der Waals surface area contributed by atoms with E-state index in [4.69, 9.17) is 25.5 Å². The lowest BCUT2D eigenvalue weighted by atomic mass is 10.2. The summed E-state index contributed by atoms with van der Waals surface area (Å²) >= 11 is 7.58. The summed E-state index contributed by atoms with van der Waals surface area (Å²) in [5.41, 5.74) is 1.80. The number of fused-ring (bicyclic) bond motifs is 1. The largest absolute Gasteiger partial charge is 0.486 e. The quantitative estimate of drug-likeness (QED) is 0.609. The maximum absolute atomic E-state index is 5.90. The summed E-state index contributed by atoms with van der Waals surface area (Å²) < 4.78 is 16.7.